The minimum atomic E-state index is -0.0294. The van der Waals surface area contributed by atoms with Crippen molar-refractivity contribution >= 4 is 29.0 Å². The highest BCUT2D eigenvalue weighted by molar-refractivity contribution is 5.94. The fourth-order valence-electron chi connectivity index (χ4n) is 5.43. The van der Waals surface area contributed by atoms with Crippen LogP contribution in [0.4, 0.5) is 17.5 Å². The van der Waals surface area contributed by atoms with Crippen LogP contribution in [0.3, 0.4) is 0 Å². The van der Waals surface area contributed by atoms with Crippen molar-refractivity contribution in [1.29, 1.82) is 0 Å². The molecule has 1 saturated heterocycles. The molecular weight excluding hydrogens is 490 g/mol. The van der Waals surface area contributed by atoms with E-state index in [1.165, 1.54) is 11.3 Å². The molecule has 0 bridgehead atoms. The van der Waals surface area contributed by atoms with Gasteiger partial charge in [-0.25, -0.2) is 4.98 Å². The maximum Gasteiger partial charge on any atom is 0.251 e. The van der Waals surface area contributed by atoms with Gasteiger partial charge in [-0.15, -0.1) is 0 Å². The SMILES string of the molecule is CN1CCn2nc(Nc3cc(N4CCCC(NC(=O)c5ccc(C(C)(C)C)cc5)C4)nc4ccnn34)cc2C1. The lowest BCUT2D eigenvalue weighted by molar-refractivity contribution is 0.0933. The lowest BCUT2D eigenvalue weighted by Crippen LogP contribution is -2.48. The molecule has 2 N–H and O–H groups in total. The zero-order valence-electron chi connectivity index (χ0n) is 23.2. The van der Waals surface area contributed by atoms with Crippen LogP contribution < -0.4 is 15.5 Å². The first-order valence-corrected chi connectivity index (χ1v) is 13.8. The van der Waals surface area contributed by atoms with Crippen LogP contribution in [0.5, 0.6) is 0 Å². The van der Waals surface area contributed by atoms with Crippen LogP contribution in [0.1, 0.15) is 55.2 Å². The number of benzene rings is 1. The van der Waals surface area contributed by atoms with Crippen molar-refractivity contribution in [1.82, 2.24) is 34.6 Å². The van der Waals surface area contributed by atoms with Crippen molar-refractivity contribution in [2.45, 2.75) is 58.2 Å². The molecule has 0 spiro atoms. The highest BCUT2D eigenvalue weighted by Gasteiger charge is 2.25. The summed E-state index contributed by atoms with van der Waals surface area (Å²) in [7, 11) is 2.13. The highest BCUT2D eigenvalue weighted by atomic mass is 16.1. The second-order valence-electron chi connectivity index (χ2n) is 11.8. The Hall–Kier alpha value is -3.92. The lowest BCUT2D eigenvalue weighted by atomic mass is 9.86. The van der Waals surface area contributed by atoms with Crippen molar-refractivity contribution in [3.63, 3.8) is 0 Å². The minimum Gasteiger partial charge on any atom is -0.354 e. The number of hydrogen-bond acceptors (Lipinski definition) is 7. The van der Waals surface area contributed by atoms with Gasteiger partial charge in [-0.05, 0) is 43.0 Å². The molecule has 4 aromatic rings. The van der Waals surface area contributed by atoms with Crippen LogP contribution in [0.2, 0.25) is 0 Å². The fraction of sp³-hybridized carbons (Fsp3) is 0.448. The molecule has 1 fully saturated rings. The van der Waals surface area contributed by atoms with E-state index in [1.54, 1.807) is 10.7 Å². The molecular formula is C29H37N9O. The average molecular weight is 528 g/mol. The zero-order chi connectivity index (χ0) is 27.1. The molecule has 10 nitrogen and oxygen atoms in total. The van der Waals surface area contributed by atoms with Gasteiger partial charge >= 0.3 is 0 Å². The summed E-state index contributed by atoms with van der Waals surface area (Å²) in [6.07, 6.45) is 3.68. The molecule has 204 valence electrons. The molecule has 5 heterocycles. The minimum absolute atomic E-state index is 0.0294. The summed E-state index contributed by atoms with van der Waals surface area (Å²) in [5.41, 5.74) is 3.93. The van der Waals surface area contributed by atoms with E-state index in [-0.39, 0.29) is 17.4 Å². The molecule has 0 radical (unpaired) electrons. The summed E-state index contributed by atoms with van der Waals surface area (Å²) in [6, 6.07) is 14.0. The topological polar surface area (TPSA) is 95.6 Å². The molecule has 0 saturated carbocycles. The maximum atomic E-state index is 13.0. The van der Waals surface area contributed by atoms with E-state index in [2.05, 4.69) is 76.2 Å². The molecule has 1 atom stereocenters. The highest BCUT2D eigenvalue weighted by Crippen LogP contribution is 2.26. The molecule has 0 aliphatic carbocycles. The molecule has 10 heteroatoms. The van der Waals surface area contributed by atoms with Crippen LogP contribution in [0, 0.1) is 0 Å². The number of carbonyl (C=O) groups is 1. The van der Waals surface area contributed by atoms with Gasteiger partial charge in [0, 0.05) is 56.0 Å². The Morgan fingerprint density at radius 1 is 1.05 bits per heavy atom. The van der Waals surface area contributed by atoms with Gasteiger partial charge in [0.05, 0.1) is 18.4 Å². The smallest absolute Gasteiger partial charge is 0.251 e. The van der Waals surface area contributed by atoms with Gasteiger partial charge in [0.25, 0.3) is 5.91 Å². The van der Waals surface area contributed by atoms with E-state index in [0.717, 1.165) is 62.1 Å². The summed E-state index contributed by atoms with van der Waals surface area (Å²) >= 11 is 0. The Labute approximate surface area is 229 Å². The Morgan fingerprint density at radius 3 is 2.67 bits per heavy atom. The van der Waals surface area contributed by atoms with E-state index in [0.29, 0.717) is 12.1 Å². The Bertz CT molecular complexity index is 1480. The number of piperidine rings is 1. The van der Waals surface area contributed by atoms with E-state index < -0.39 is 0 Å². The molecule has 1 aromatic carbocycles. The Balaban J connectivity index is 1.18. The van der Waals surface area contributed by atoms with Gasteiger partial charge in [-0.1, -0.05) is 32.9 Å². The third-order valence-electron chi connectivity index (χ3n) is 7.68. The van der Waals surface area contributed by atoms with Gasteiger partial charge in [0.2, 0.25) is 0 Å². The second-order valence-corrected chi connectivity index (χ2v) is 11.8. The summed E-state index contributed by atoms with van der Waals surface area (Å²) < 4.78 is 3.87. The quantitative estimate of drug-likeness (QED) is 0.408. The van der Waals surface area contributed by atoms with Crippen LogP contribution in [-0.4, -0.2) is 67.9 Å². The van der Waals surface area contributed by atoms with E-state index in [1.807, 2.05) is 24.3 Å². The van der Waals surface area contributed by atoms with Gasteiger partial charge in [0.1, 0.15) is 11.6 Å². The largest absolute Gasteiger partial charge is 0.354 e. The van der Waals surface area contributed by atoms with Crippen molar-refractivity contribution in [2.75, 3.05) is 36.9 Å². The molecule has 2 aliphatic heterocycles. The third kappa shape index (κ3) is 5.34. The number of carbonyl (C=O) groups excluding carboxylic acids is 1. The van der Waals surface area contributed by atoms with Crippen LogP contribution in [0.15, 0.2) is 48.7 Å². The van der Waals surface area contributed by atoms with E-state index >= 15 is 0 Å². The number of rotatable bonds is 5. The second kappa shape index (κ2) is 10.00. The summed E-state index contributed by atoms with van der Waals surface area (Å²) in [5, 5.41) is 16.0. The molecule has 3 aromatic heterocycles. The number of fused-ring (bicyclic) bond motifs is 2. The number of likely N-dealkylation sites (N-methyl/N-ethyl adjacent to an activating group) is 1. The van der Waals surface area contributed by atoms with Crippen LogP contribution in [0.25, 0.3) is 5.65 Å². The molecule has 1 unspecified atom stereocenters. The van der Waals surface area contributed by atoms with Gasteiger partial charge < -0.3 is 15.5 Å². The first-order chi connectivity index (χ1) is 18.7. The van der Waals surface area contributed by atoms with E-state index in [4.69, 9.17) is 10.1 Å². The summed E-state index contributed by atoms with van der Waals surface area (Å²) in [4.78, 5) is 22.5. The normalized spacial score (nSPS) is 18.3. The van der Waals surface area contributed by atoms with E-state index in [9.17, 15) is 4.79 Å². The Kier molecular flexibility index (Phi) is 6.50. The molecule has 39 heavy (non-hydrogen) atoms. The number of amides is 1. The lowest BCUT2D eigenvalue weighted by Gasteiger charge is -2.34. The maximum absolute atomic E-state index is 13.0. The summed E-state index contributed by atoms with van der Waals surface area (Å²) in [6.45, 7) is 10.9. The average Bonchev–Trinajstić information content (AvgIpc) is 3.55. The number of nitrogens with zero attached hydrogens (tertiary/aromatic N) is 7. The first kappa shape index (κ1) is 25.4. The van der Waals surface area contributed by atoms with Crippen molar-refractivity contribution in [2.24, 2.45) is 0 Å². The predicted molar refractivity (Wildman–Crippen MR) is 153 cm³/mol. The molecule has 6 rings (SSSR count). The standard InChI is InChI=1S/C29H37N9O/c1-29(2,3)21-9-7-20(8-10-21)28(39)31-22-6-5-13-36(18-22)26-17-27(38-25(33-26)11-12-30-38)32-24-16-23-19-35(4)14-15-37(23)34-24/h7-12,16-17,22H,5-6,13-15,18-19H2,1-4H3,(H,31,39)(H,32,34). The number of aromatic nitrogens is 5. The summed E-state index contributed by atoms with van der Waals surface area (Å²) in [5.74, 6) is 2.45. The van der Waals surface area contributed by atoms with Crippen molar-refractivity contribution in [3.05, 3.63) is 65.5 Å². The van der Waals surface area contributed by atoms with Crippen LogP contribution in [-0.2, 0) is 18.5 Å². The monoisotopic (exact) mass is 527 g/mol. The van der Waals surface area contributed by atoms with Gasteiger partial charge in [0.15, 0.2) is 11.5 Å². The van der Waals surface area contributed by atoms with Crippen LogP contribution >= 0.6 is 0 Å². The van der Waals surface area contributed by atoms with Crippen molar-refractivity contribution in [3.8, 4) is 0 Å². The fourth-order valence-corrected chi connectivity index (χ4v) is 5.43. The molecule has 2 aliphatic rings. The number of nitrogens with one attached hydrogen (secondary N) is 2. The zero-order valence-corrected chi connectivity index (χ0v) is 23.2. The first-order valence-electron chi connectivity index (χ1n) is 13.8. The predicted octanol–water partition coefficient (Wildman–Crippen LogP) is 3.81. The Morgan fingerprint density at radius 2 is 1.87 bits per heavy atom. The number of anilines is 3. The van der Waals surface area contributed by atoms with Gasteiger partial charge in [-0.3, -0.25) is 14.4 Å². The molecule has 1 amide bonds. The van der Waals surface area contributed by atoms with Crippen molar-refractivity contribution < 1.29 is 4.79 Å². The third-order valence-corrected chi connectivity index (χ3v) is 7.68. The number of hydrogen-bond donors (Lipinski definition) is 2. The van der Waals surface area contributed by atoms with Gasteiger partial charge in [-0.2, -0.15) is 14.7 Å².